The van der Waals surface area contributed by atoms with Crippen LogP contribution in [0.25, 0.3) is 0 Å². The SMILES string of the molecule is CN=C(NCc1ccccc1C)NCC(C)(C)CCS(C)(=O)=O.I. The molecule has 0 amide bonds. The van der Waals surface area contributed by atoms with Gasteiger partial charge in [-0.1, -0.05) is 38.1 Å². The van der Waals surface area contributed by atoms with E-state index >= 15 is 0 Å². The van der Waals surface area contributed by atoms with Crippen LogP contribution in [0.2, 0.25) is 0 Å². The summed E-state index contributed by atoms with van der Waals surface area (Å²) in [6.07, 6.45) is 1.90. The van der Waals surface area contributed by atoms with Gasteiger partial charge in [0.2, 0.25) is 0 Å². The average molecular weight is 467 g/mol. The summed E-state index contributed by atoms with van der Waals surface area (Å²) in [5.41, 5.74) is 2.35. The number of nitrogens with zero attached hydrogens (tertiary/aromatic N) is 1. The summed E-state index contributed by atoms with van der Waals surface area (Å²) in [5, 5.41) is 6.57. The Hall–Kier alpha value is -0.830. The van der Waals surface area contributed by atoms with Gasteiger partial charge in [-0.15, -0.1) is 24.0 Å². The van der Waals surface area contributed by atoms with Gasteiger partial charge in [-0.25, -0.2) is 8.42 Å². The van der Waals surface area contributed by atoms with Crippen molar-refractivity contribution in [3.8, 4) is 0 Å². The van der Waals surface area contributed by atoms with Crippen LogP contribution in [-0.4, -0.2) is 40.0 Å². The fourth-order valence-electron chi connectivity index (χ4n) is 2.08. The predicted octanol–water partition coefficient (Wildman–Crippen LogP) is 2.74. The van der Waals surface area contributed by atoms with Gasteiger partial charge >= 0.3 is 0 Å². The van der Waals surface area contributed by atoms with Crippen LogP contribution in [0.5, 0.6) is 0 Å². The van der Waals surface area contributed by atoms with Gasteiger partial charge in [0.15, 0.2) is 5.96 Å². The summed E-state index contributed by atoms with van der Waals surface area (Å²) >= 11 is 0. The molecule has 0 aliphatic carbocycles. The van der Waals surface area contributed by atoms with Crippen LogP contribution < -0.4 is 10.6 Å². The zero-order valence-corrected chi connectivity index (χ0v) is 18.4. The maximum atomic E-state index is 11.3. The Bertz CT molecular complexity index is 643. The van der Waals surface area contributed by atoms with Crippen molar-refractivity contribution in [1.29, 1.82) is 0 Å². The van der Waals surface area contributed by atoms with Gasteiger partial charge in [0.25, 0.3) is 0 Å². The van der Waals surface area contributed by atoms with Crippen molar-refractivity contribution in [3.05, 3.63) is 35.4 Å². The molecule has 0 heterocycles. The third-order valence-electron chi connectivity index (χ3n) is 3.82. The zero-order chi connectivity index (χ0) is 17.5. The van der Waals surface area contributed by atoms with Crippen molar-refractivity contribution in [2.75, 3.05) is 25.6 Å². The highest BCUT2D eigenvalue weighted by Crippen LogP contribution is 2.19. The molecule has 1 aromatic carbocycles. The van der Waals surface area contributed by atoms with E-state index in [2.05, 4.69) is 48.5 Å². The van der Waals surface area contributed by atoms with Crippen molar-refractivity contribution < 1.29 is 8.42 Å². The molecule has 0 atom stereocenters. The predicted molar refractivity (Wildman–Crippen MR) is 113 cm³/mol. The summed E-state index contributed by atoms with van der Waals surface area (Å²) < 4.78 is 22.6. The maximum absolute atomic E-state index is 11.3. The van der Waals surface area contributed by atoms with Crippen molar-refractivity contribution in [2.45, 2.75) is 33.7 Å². The molecule has 138 valence electrons. The van der Waals surface area contributed by atoms with Crippen molar-refractivity contribution >= 4 is 39.8 Å². The number of halogens is 1. The van der Waals surface area contributed by atoms with Gasteiger partial charge in [-0.05, 0) is 29.9 Å². The zero-order valence-electron chi connectivity index (χ0n) is 15.2. The molecule has 0 fully saturated rings. The van der Waals surface area contributed by atoms with Crippen molar-refractivity contribution in [1.82, 2.24) is 10.6 Å². The first kappa shape index (κ1) is 23.2. The van der Waals surface area contributed by atoms with E-state index in [1.54, 1.807) is 7.05 Å². The normalized spacial score (nSPS) is 12.5. The summed E-state index contributed by atoms with van der Waals surface area (Å²) in [4.78, 5) is 4.22. The summed E-state index contributed by atoms with van der Waals surface area (Å²) in [6, 6.07) is 8.22. The van der Waals surface area contributed by atoms with E-state index in [1.807, 2.05) is 12.1 Å². The minimum atomic E-state index is -2.93. The Morgan fingerprint density at radius 3 is 2.38 bits per heavy atom. The topological polar surface area (TPSA) is 70.6 Å². The van der Waals surface area contributed by atoms with Crippen LogP contribution in [0.1, 0.15) is 31.4 Å². The van der Waals surface area contributed by atoms with Gasteiger partial charge in [-0.2, -0.15) is 0 Å². The Kier molecular flexibility index (Phi) is 9.87. The molecule has 7 heteroatoms. The molecule has 2 N–H and O–H groups in total. The number of hydrogen-bond donors (Lipinski definition) is 2. The standard InChI is InChI=1S/C17H29N3O2S.HI/c1-14-8-6-7-9-15(14)12-19-16(18-4)20-13-17(2,3)10-11-23(5,21)22;/h6-9H,10-13H2,1-5H3,(H2,18,19,20);1H. The molecule has 0 radical (unpaired) electrons. The second-order valence-electron chi connectivity index (χ2n) is 6.75. The monoisotopic (exact) mass is 467 g/mol. The number of sulfone groups is 1. The molecule has 0 spiro atoms. The molecule has 1 aromatic rings. The van der Waals surface area contributed by atoms with Crippen LogP contribution in [0.3, 0.4) is 0 Å². The minimum Gasteiger partial charge on any atom is -0.356 e. The van der Waals surface area contributed by atoms with Crippen molar-refractivity contribution in [2.24, 2.45) is 10.4 Å². The molecular formula is C17H30IN3O2S. The van der Waals surface area contributed by atoms with Gasteiger partial charge in [-0.3, -0.25) is 4.99 Å². The highest BCUT2D eigenvalue weighted by molar-refractivity contribution is 14.0. The summed E-state index contributed by atoms with van der Waals surface area (Å²) in [7, 11) is -1.19. The van der Waals surface area contributed by atoms with Crippen LogP contribution >= 0.6 is 24.0 Å². The Morgan fingerprint density at radius 1 is 1.21 bits per heavy atom. The van der Waals surface area contributed by atoms with E-state index in [4.69, 9.17) is 0 Å². The highest BCUT2D eigenvalue weighted by atomic mass is 127. The lowest BCUT2D eigenvalue weighted by Crippen LogP contribution is -2.42. The van der Waals surface area contributed by atoms with Gasteiger partial charge < -0.3 is 10.6 Å². The van der Waals surface area contributed by atoms with E-state index in [9.17, 15) is 8.42 Å². The Labute approximate surface area is 163 Å². The number of aliphatic imine (C=N–C) groups is 1. The molecule has 0 unspecified atom stereocenters. The summed E-state index contributed by atoms with van der Waals surface area (Å²) in [5.74, 6) is 0.928. The van der Waals surface area contributed by atoms with E-state index in [0.29, 0.717) is 19.5 Å². The van der Waals surface area contributed by atoms with E-state index in [-0.39, 0.29) is 35.1 Å². The molecule has 24 heavy (non-hydrogen) atoms. The van der Waals surface area contributed by atoms with Crippen LogP contribution in [0.4, 0.5) is 0 Å². The molecule has 5 nitrogen and oxygen atoms in total. The summed E-state index contributed by atoms with van der Waals surface area (Å²) in [6.45, 7) is 7.56. The largest absolute Gasteiger partial charge is 0.356 e. The van der Waals surface area contributed by atoms with E-state index < -0.39 is 9.84 Å². The maximum Gasteiger partial charge on any atom is 0.191 e. The first-order valence-electron chi connectivity index (χ1n) is 7.80. The number of aryl methyl sites for hydroxylation is 1. The molecule has 0 aliphatic rings. The lowest BCUT2D eigenvalue weighted by molar-refractivity contribution is 0.348. The Morgan fingerprint density at radius 2 is 1.83 bits per heavy atom. The van der Waals surface area contributed by atoms with Crippen molar-refractivity contribution in [3.63, 3.8) is 0 Å². The second kappa shape index (κ2) is 10.2. The Balaban J connectivity index is 0.00000529. The fourth-order valence-corrected chi connectivity index (χ4v) is 3.00. The molecule has 1 rings (SSSR count). The molecule has 0 aliphatic heterocycles. The molecule has 0 saturated carbocycles. The van der Waals surface area contributed by atoms with E-state index in [1.165, 1.54) is 17.4 Å². The number of benzene rings is 1. The minimum absolute atomic E-state index is 0. The lowest BCUT2D eigenvalue weighted by atomic mass is 9.90. The molecular weight excluding hydrogens is 437 g/mol. The number of hydrogen-bond acceptors (Lipinski definition) is 3. The van der Waals surface area contributed by atoms with E-state index in [0.717, 1.165) is 5.96 Å². The first-order valence-corrected chi connectivity index (χ1v) is 9.86. The molecule has 0 bridgehead atoms. The lowest BCUT2D eigenvalue weighted by Gasteiger charge is -2.26. The third-order valence-corrected chi connectivity index (χ3v) is 4.76. The van der Waals surface area contributed by atoms with Gasteiger partial charge in [0.1, 0.15) is 9.84 Å². The van der Waals surface area contributed by atoms with Gasteiger partial charge in [0, 0.05) is 26.4 Å². The van der Waals surface area contributed by atoms with Crippen LogP contribution in [0, 0.1) is 12.3 Å². The number of guanidine groups is 1. The second-order valence-corrected chi connectivity index (χ2v) is 9.01. The van der Waals surface area contributed by atoms with Gasteiger partial charge in [0.05, 0.1) is 5.75 Å². The van der Waals surface area contributed by atoms with Crippen LogP contribution in [0.15, 0.2) is 29.3 Å². The average Bonchev–Trinajstić information content (AvgIpc) is 2.46. The van der Waals surface area contributed by atoms with Crippen LogP contribution in [-0.2, 0) is 16.4 Å². The first-order chi connectivity index (χ1) is 10.6. The smallest absolute Gasteiger partial charge is 0.191 e. The number of nitrogens with one attached hydrogen (secondary N) is 2. The molecule has 0 saturated heterocycles. The highest BCUT2D eigenvalue weighted by Gasteiger charge is 2.20. The molecule has 0 aromatic heterocycles. The fraction of sp³-hybridized carbons (Fsp3) is 0.588. The number of rotatable bonds is 7. The quantitative estimate of drug-likeness (QED) is 0.368. The third kappa shape index (κ3) is 9.46.